The molecular formula is C17H24O. The third kappa shape index (κ3) is 5.33. The van der Waals surface area contributed by atoms with Crippen LogP contribution in [0.5, 0.6) is 0 Å². The molecule has 0 saturated heterocycles. The maximum atomic E-state index is 10.4. The molecule has 1 N–H and O–H groups in total. The zero-order valence-corrected chi connectivity index (χ0v) is 11.5. The molecular weight excluding hydrogens is 220 g/mol. The summed E-state index contributed by atoms with van der Waals surface area (Å²) in [5.74, 6) is 0. The molecule has 0 aromatic heterocycles. The van der Waals surface area contributed by atoms with Crippen LogP contribution in [0.1, 0.15) is 45.1 Å². The first-order valence-corrected chi connectivity index (χ1v) is 6.83. The lowest BCUT2D eigenvalue weighted by atomic mass is 9.92. The van der Waals surface area contributed by atoms with Crippen molar-refractivity contribution in [2.75, 3.05) is 0 Å². The van der Waals surface area contributed by atoms with Gasteiger partial charge < -0.3 is 5.11 Å². The SMILES string of the molecule is CCCC(O)(/C=C/C=C/c1ccccc1)CCC. The summed E-state index contributed by atoms with van der Waals surface area (Å²) in [6.07, 6.45) is 11.6. The zero-order valence-electron chi connectivity index (χ0n) is 11.5. The molecule has 0 spiro atoms. The van der Waals surface area contributed by atoms with Gasteiger partial charge in [-0.3, -0.25) is 0 Å². The Hall–Kier alpha value is -1.34. The van der Waals surface area contributed by atoms with Crippen LogP contribution < -0.4 is 0 Å². The Balaban J connectivity index is 2.59. The third-order valence-electron chi connectivity index (χ3n) is 2.97. The number of aliphatic hydroxyl groups is 1. The molecule has 98 valence electrons. The fourth-order valence-electron chi connectivity index (χ4n) is 2.12. The van der Waals surface area contributed by atoms with Gasteiger partial charge in [0, 0.05) is 0 Å². The standard InChI is InChI=1S/C17H24O/c1-3-13-17(18,14-4-2)15-9-8-12-16-10-6-5-7-11-16/h5-12,15,18H,3-4,13-14H2,1-2H3/b12-8+,15-9+. The molecule has 1 heteroatoms. The summed E-state index contributed by atoms with van der Waals surface area (Å²) in [4.78, 5) is 0. The number of hydrogen-bond donors (Lipinski definition) is 1. The summed E-state index contributed by atoms with van der Waals surface area (Å²) >= 11 is 0. The van der Waals surface area contributed by atoms with E-state index in [0.29, 0.717) is 0 Å². The van der Waals surface area contributed by atoms with Gasteiger partial charge in [-0.05, 0) is 18.4 Å². The first kappa shape index (κ1) is 14.7. The van der Waals surface area contributed by atoms with E-state index >= 15 is 0 Å². The monoisotopic (exact) mass is 244 g/mol. The van der Waals surface area contributed by atoms with Crippen LogP contribution in [0.4, 0.5) is 0 Å². The van der Waals surface area contributed by atoms with Gasteiger partial charge in [-0.1, -0.05) is 81.3 Å². The second-order valence-corrected chi connectivity index (χ2v) is 4.73. The molecule has 0 atom stereocenters. The number of benzene rings is 1. The Bertz CT molecular complexity index is 370. The lowest BCUT2D eigenvalue weighted by molar-refractivity contribution is 0.0706. The van der Waals surface area contributed by atoms with Gasteiger partial charge in [-0.15, -0.1) is 0 Å². The van der Waals surface area contributed by atoms with Crippen molar-refractivity contribution < 1.29 is 5.11 Å². The van der Waals surface area contributed by atoms with Crippen molar-refractivity contribution in [2.45, 2.75) is 45.1 Å². The fraction of sp³-hybridized carbons (Fsp3) is 0.412. The lowest BCUT2D eigenvalue weighted by Gasteiger charge is -2.23. The quantitative estimate of drug-likeness (QED) is 0.696. The Morgan fingerprint density at radius 2 is 1.61 bits per heavy atom. The average molecular weight is 244 g/mol. The highest BCUT2D eigenvalue weighted by molar-refractivity contribution is 5.50. The molecule has 1 rings (SSSR count). The predicted molar refractivity (Wildman–Crippen MR) is 79.4 cm³/mol. The minimum absolute atomic E-state index is 0.634. The maximum Gasteiger partial charge on any atom is 0.0830 e. The molecule has 0 fully saturated rings. The molecule has 0 bridgehead atoms. The van der Waals surface area contributed by atoms with E-state index in [-0.39, 0.29) is 0 Å². The van der Waals surface area contributed by atoms with Crippen molar-refractivity contribution in [3.63, 3.8) is 0 Å². The van der Waals surface area contributed by atoms with Gasteiger partial charge in [0.05, 0.1) is 5.60 Å². The van der Waals surface area contributed by atoms with Gasteiger partial charge in [0.1, 0.15) is 0 Å². The molecule has 0 aliphatic rings. The summed E-state index contributed by atoms with van der Waals surface area (Å²) in [5, 5.41) is 10.4. The van der Waals surface area contributed by atoms with Gasteiger partial charge in [0.25, 0.3) is 0 Å². The predicted octanol–water partition coefficient (Wildman–Crippen LogP) is 4.59. The smallest absolute Gasteiger partial charge is 0.0830 e. The highest BCUT2D eigenvalue weighted by atomic mass is 16.3. The van der Waals surface area contributed by atoms with Crippen LogP contribution in [-0.4, -0.2) is 10.7 Å². The summed E-state index contributed by atoms with van der Waals surface area (Å²) in [7, 11) is 0. The number of rotatable bonds is 7. The fourth-order valence-corrected chi connectivity index (χ4v) is 2.12. The van der Waals surface area contributed by atoms with Crippen LogP contribution in [0.15, 0.2) is 48.6 Å². The van der Waals surface area contributed by atoms with E-state index in [9.17, 15) is 5.11 Å². The molecule has 0 aliphatic heterocycles. The zero-order chi connectivity index (χ0) is 13.3. The molecule has 0 saturated carbocycles. The van der Waals surface area contributed by atoms with Gasteiger partial charge in [0.2, 0.25) is 0 Å². The van der Waals surface area contributed by atoms with Crippen LogP contribution >= 0.6 is 0 Å². The van der Waals surface area contributed by atoms with E-state index in [1.54, 1.807) is 0 Å². The third-order valence-corrected chi connectivity index (χ3v) is 2.97. The Morgan fingerprint density at radius 1 is 1.00 bits per heavy atom. The van der Waals surface area contributed by atoms with Crippen molar-refractivity contribution >= 4 is 6.08 Å². The first-order chi connectivity index (χ1) is 8.70. The molecule has 0 radical (unpaired) electrons. The molecule has 18 heavy (non-hydrogen) atoms. The molecule has 1 aromatic carbocycles. The molecule has 0 unspecified atom stereocenters. The van der Waals surface area contributed by atoms with Crippen molar-refractivity contribution in [3.05, 3.63) is 54.1 Å². The van der Waals surface area contributed by atoms with Gasteiger partial charge in [0.15, 0.2) is 0 Å². The van der Waals surface area contributed by atoms with E-state index in [2.05, 4.69) is 32.1 Å². The van der Waals surface area contributed by atoms with Crippen molar-refractivity contribution in [1.29, 1.82) is 0 Å². The minimum Gasteiger partial charge on any atom is -0.386 e. The summed E-state index contributed by atoms with van der Waals surface area (Å²) in [6.45, 7) is 4.21. The first-order valence-electron chi connectivity index (χ1n) is 6.83. The van der Waals surface area contributed by atoms with Gasteiger partial charge in [-0.2, -0.15) is 0 Å². The van der Waals surface area contributed by atoms with Crippen molar-refractivity contribution in [3.8, 4) is 0 Å². The highest BCUT2D eigenvalue weighted by Crippen LogP contribution is 2.21. The van der Waals surface area contributed by atoms with E-state index in [0.717, 1.165) is 25.7 Å². The summed E-state index contributed by atoms with van der Waals surface area (Å²) < 4.78 is 0. The largest absolute Gasteiger partial charge is 0.386 e. The van der Waals surface area contributed by atoms with E-state index in [1.807, 2.05) is 36.4 Å². The topological polar surface area (TPSA) is 20.2 Å². The van der Waals surface area contributed by atoms with Crippen LogP contribution in [-0.2, 0) is 0 Å². The van der Waals surface area contributed by atoms with E-state index in [4.69, 9.17) is 0 Å². The van der Waals surface area contributed by atoms with Gasteiger partial charge >= 0.3 is 0 Å². The van der Waals surface area contributed by atoms with Crippen molar-refractivity contribution in [1.82, 2.24) is 0 Å². The van der Waals surface area contributed by atoms with Gasteiger partial charge in [-0.25, -0.2) is 0 Å². The number of hydrogen-bond acceptors (Lipinski definition) is 1. The van der Waals surface area contributed by atoms with E-state index in [1.165, 1.54) is 5.56 Å². The maximum absolute atomic E-state index is 10.4. The highest BCUT2D eigenvalue weighted by Gasteiger charge is 2.20. The second-order valence-electron chi connectivity index (χ2n) is 4.73. The van der Waals surface area contributed by atoms with Crippen LogP contribution in [0.2, 0.25) is 0 Å². The lowest BCUT2D eigenvalue weighted by Crippen LogP contribution is -2.24. The number of allylic oxidation sites excluding steroid dienone is 2. The normalized spacial score (nSPS) is 12.6. The summed E-state index contributed by atoms with van der Waals surface area (Å²) in [5.41, 5.74) is 0.543. The van der Waals surface area contributed by atoms with Crippen LogP contribution in [0.25, 0.3) is 6.08 Å². The summed E-state index contributed by atoms with van der Waals surface area (Å²) in [6, 6.07) is 10.2. The molecule has 0 amide bonds. The Kier molecular flexibility index (Phi) is 6.45. The van der Waals surface area contributed by atoms with Crippen molar-refractivity contribution in [2.24, 2.45) is 0 Å². The molecule has 1 nitrogen and oxygen atoms in total. The second kappa shape index (κ2) is 7.88. The Morgan fingerprint density at radius 3 is 2.17 bits per heavy atom. The molecule has 0 aliphatic carbocycles. The molecule has 1 aromatic rings. The Labute approximate surface area is 111 Å². The molecule has 0 heterocycles. The minimum atomic E-state index is -0.634. The van der Waals surface area contributed by atoms with E-state index < -0.39 is 5.60 Å². The van der Waals surface area contributed by atoms with Crippen LogP contribution in [0.3, 0.4) is 0 Å². The van der Waals surface area contributed by atoms with Crippen LogP contribution in [0, 0.1) is 0 Å². The average Bonchev–Trinajstić information content (AvgIpc) is 2.37.